The number of aromatic nitrogens is 2. The van der Waals surface area contributed by atoms with Gasteiger partial charge in [-0.05, 0) is 37.8 Å². The highest BCUT2D eigenvalue weighted by Crippen LogP contribution is 2.27. The second kappa shape index (κ2) is 8.39. The molecule has 1 saturated carbocycles. The van der Waals surface area contributed by atoms with Crippen LogP contribution in [-0.4, -0.2) is 39.9 Å². The molecule has 2 heterocycles. The molecule has 0 spiro atoms. The minimum atomic E-state index is -0.0129. The Hall–Kier alpha value is -2.94. The Bertz CT molecular complexity index is 881. The minimum Gasteiger partial charge on any atom is -0.351 e. The maximum absolute atomic E-state index is 13.0. The van der Waals surface area contributed by atoms with Gasteiger partial charge in [0.05, 0.1) is 22.9 Å². The molecule has 1 N–H and O–H groups in total. The highest BCUT2D eigenvalue weighted by molar-refractivity contribution is 6.00. The van der Waals surface area contributed by atoms with Gasteiger partial charge in [-0.1, -0.05) is 31.4 Å². The minimum absolute atomic E-state index is 0. The number of rotatable bonds is 4. The van der Waals surface area contributed by atoms with Crippen molar-refractivity contribution in [3.63, 3.8) is 0 Å². The quantitative estimate of drug-likeness (QED) is 0.862. The van der Waals surface area contributed by atoms with Gasteiger partial charge in [0.15, 0.2) is 0 Å². The summed E-state index contributed by atoms with van der Waals surface area (Å²) in [5.41, 5.74) is 2.58. The van der Waals surface area contributed by atoms with Gasteiger partial charge in [-0.25, -0.2) is 9.97 Å². The van der Waals surface area contributed by atoms with Crippen molar-refractivity contribution < 1.29 is 6.22 Å². The lowest BCUT2D eigenvalue weighted by Crippen LogP contribution is -2.29. The lowest BCUT2D eigenvalue weighted by molar-refractivity contribution is 0.0793. The average molecular weight is 377 g/mol. The number of hydrogen-bond acceptors (Lipinski definition) is 5. The summed E-state index contributed by atoms with van der Waals surface area (Å²) in [5.74, 6) is 0.560. The largest absolute Gasteiger partial charge is 0.351 e. The molecule has 2 aromatic rings. The third-order valence-electron chi connectivity index (χ3n) is 5.64. The number of hydrogen-bond donors (Lipinski definition) is 1. The van der Waals surface area contributed by atoms with Crippen LogP contribution in [0.5, 0.6) is 0 Å². The van der Waals surface area contributed by atoms with Crippen molar-refractivity contribution in [2.45, 2.75) is 51.0 Å². The smallest absolute Gasteiger partial charge is 0.257 e. The van der Waals surface area contributed by atoms with Crippen LogP contribution in [0.1, 0.15) is 62.3 Å². The molecule has 1 aromatic heterocycles. The fourth-order valence-electron chi connectivity index (χ4n) is 4.05. The standard InChI is InChI=1S/C22H25N5O.H2/c23-14-16-8-10-17(11-9-16)20-19(21(28)27-12-4-5-13-27)15-24-22(26-20)25-18-6-2-1-3-7-18;/h8-11,15,18H,1-7,12-13H2,(H,24,25,26);1H. The van der Waals surface area contributed by atoms with Crippen LogP contribution in [0, 0.1) is 11.3 Å². The van der Waals surface area contributed by atoms with Gasteiger partial charge < -0.3 is 10.2 Å². The lowest BCUT2D eigenvalue weighted by Gasteiger charge is -2.23. The van der Waals surface area contributed by atoms with Crippen molar-refractivity contribution in [2.75, 3.05) is 18.4 Å². The number of amides is 1. The van der Waals surface area contributed by atoms with Gasteiger partial charge in [-0.3, -0.25) is 4.79 Å². The molecule has 1 saturated heterocycles. The number of nitrogens with zero attached hydrogens (tertiary/aromatic N) is 4. The van der Waals surface area contributed by atoms with Crippen molar-refractivity contribution in [1.82, 2.24) is 14.9 Å². The first-order valence-electron chi connectivity index (χ1n) is 10.2. The Kier molecular flexibility index (Phi) is 5.52. The van der Waals surface area contributed by atoms with E-state index in [9.17, 15) is 4.79 Å². The molecule has 6 heteroatoms. The molecule has 0 unspecified atom stereocenters. The van der Waals surface area contributed by atoms with Gasteiger partial charge in [0.2, 0.25) is 5.95 Å². The van der Waals surface area contributed by atoms with Crippen molar-refractivity contribution in [3.05, 3.63) is 41.6 Å². The first-order chi connectivity index (χ1) is 13.7. The van der Waals surface area contributed by atoms with E-state index >= 15 is 0 Å². The Morgan fingerprint density at radius 3 is 2.50 bits per heavy atom. The summed E-state index contributed by atoms with van der Waals surface area (Å²) >= 11 is 0. The first kappa shape index (κ1) is 18.4. The van der Waals surface area contributed by atoms with Gasteiger partial charge in [0, 0.05) is 32.3 Å². The zero-order valence-electron chi connectivity index (χ0n) is 16.0. The summed E-state index contributed by atoms with van der Waals surface area (Å²) in [4.78, 5) is 24.1. The highest BCUT2D eigenvalue weighted by atomic mass is 16.2. The van der Waals surface area contributed by atoms with Gasteiger partial charge >= 0.3 is 0 Å². The summed E-state index contributed by atoms with van der Waals surface area (Å²) in [7, 11) is 0. The number of nitriles is 1. The number of nitrogens with one attached hydrogen (secondary N) is 1. The summed E-state index contributed by atoms with van der Waals surface area (Å²) in [6, 6.07) is 9.75. The molecule has 2 fully saturated rings. The van der Waals surface area contributed by atoms with Gasteiger partial charge in [-0.2, -0.15) is 5.26 Å². The topological polar surface area (TPSA) is 81.9 Å². The van der Waals surface area contributed by atoms with Crippen LogP contribution in [0.15, 0.2) is 30.5 Å². The van der Waals surface area contributed by atoms with Crippen molar-refractivity contribution in [2.24, 2.45) is 0 Å². The van der Waals surface area contributed by atoms with Crippen molar-refractivity contribution in [1.29, 1.82) is 5.26 Å². The maximum Gasteiger partial charge on any atom is 0.257 e. The average Bonchev–Trinajstić information content (AvgIpc) is 3.29. The third kappa shape index (κ3) is 3.99. The van der Waals surface area contributed by atoms with E-state index in [1.54, 1.807) is 18.3 Å². The van der Waals surface area contributed by atoms with Crippen LogP contribution in [0.25, 0.3) is 11.3 Å². The number of carbonyl (C=O) groups is 1. The van der Waals surface area contributed by atoms with Crippen LogP contribution in [-0.2, 0) is 0 Å². The van der Waals surface area contributed by atoms with E-state index in [4.69, 9.17) is 10.2 Å². The van der Waals surface area contributed by atoms with E-state index in [2.05, 4.69) is 16.4 Å². The molecule has 1 amide bonds. The van der Waals surface area contributed by atoms with E-state index in [1.807, 2.05) is 17.0 Å². The van der Waals surface area contributed by atoms with Crippen LogP contribution in [0.2, 0.25) is 0 Å². The molecule has 0 radical (unpaired) electrons. The predicted octanol–water partition coefficient (Wildman–Crippen LogP) is 4.24. The van der Waals surface area contributed by atoms with E-state index in [1.165, 1.54) is 19.3 Å². The van der Waals surface area contributed by atoms with E-state index in [-0.39, 0.29) is 7.33 Å². The third-order valence-corrected chi connectivity index (χ3v) is 5.64. The number of likely N-dealkylation sites (tertiary alicyclic amines) is 1. The first-order valence-corrected chi connectivity index (χ1v) is 10.2. The fraction of sp³-hybridized carbons (Fsp3) is 0.455. The Morgan fingerprint density at radius 2 is 1.82 bits per heavy atom. The maximum atomic E-state index is 13.0. The summed E-state index contributed by atoms with van der Waals surface area (Å²) in [5, 5.41) is 12.5. The Balaban J connectivity index is 0.00000240. The van der Waals surface area contributed by atoms with E-state index in [0.29, 0.717) is 28.8 Å². The highest BCUT2D eigenvalue weighted by Gasteiger charge is 2.24. The van der Waals surface area contributed by atoms with Gasteiger partial charge in [0.1, 0.15) is 0 Å². The lowest BCUT2D eigenvalue weighted by atomic mass is 9.96. The van der Waals surface area contributed by atoms with Crippen molar-refractivity contribution >= 4 is 11.9 Å². The molecule has 0 atom stereocenters. The second-order valence-electron chi connectivity index (χ2n) is 7.62. The number of benzene rings is 1. The van der Waals surface area contributed by atoms with Crippen LogP contribution in [0.4, 0.5) is 5.95 Å². The molecular weight excluding hydrogens is 350 g/mol. The van der Waals surface area contributed by atoms with E-state index < -0.39 is 0 Å². The van der Waals surface area contributed by atoms with E-state index in [0.717, 1.165) is 44.3 Å². The second-order valence-corrected chi connectivity index (χ2v) is 7.62. The van der Waals surface area contributed by atoms with Gasteiger partial charge in [0.25, 0.3) is 5.91 Å². The van der Waals surface area contributed by atoms with Crippen LogP contribution in [0.3, 0.4) is 0 Å². The summed E-state index contributed by atoms with van der Waals surface area (Å²) < 4.78 is 0. The molecule has 1 aliphatic heterocycles. The predicted molar refractivity (Wildman–Crippen MR) is 110 cm³/mol. The number of carbonyl (C=O) groups excluding carboxylic acids is 1. The van der Waals surface area contributed by atoms with Gasteiger partial charge in [-0.15, -0.1) is 0 Å². The molecule has 28 heavy (non-hydrogen) atoms. The molecular formula is C22H27N5O. The molecule has 1 aromatic carbocycles. The zero-order chi connectivity index (χ0) is 19.3. The Labute approximate surface area is 167 Å². The number of anilines is 1. The fourth-order valence-corrected chi connectivity index (χ4v) is 4.05. The molecule has 0 bridgehead atoms. The summed E-state index contributed by atoms with van der Waals surface area (Å²) in [6.45, 7) is 1.57. The molecule has 4 rings (SSSR count). The monoisotopic (exact) mass is 377 g/mol. The zero-order valence-corrected chi connectivity index (χ0v) is 16.0. The van der Waals surface area contributed by atoms with Crippen LogP contribution < -0.4 is 5.32 Å². The van der Waals surface area contributed by atoms with Crippen molar-refractivity contribution in [3.8, 4) is 17.3 Å². The molecule has 2 aliphatic rings. The summed E-state index contributed by atoms with van der Waals surface area (Å²) in [6.07, 6.45) is 9.75. The van der Waals surface area contributed by atoms with Crippen LogP contribution >= 0.6 is 0 Å². The Morgan fingerprint density at radius 1 is 1.11 bits per heavy atom. The molecule has 1 aliphatic carbocycles. The normalized spacial score (nSPS) is 17.3. The SMILES string of the molecule is N#Cc1ccc(-c2nc(NC3CCCCC3)ncc2C(=O)N2CCCC2)cc1.[HH]. The molecule has 146 valence electrons. The molecule has 6 nitrogen and oxygen atoms in total.